The lowest BCUT2D eigenvalue weighted by Crippen LogP contribution is -2.49. The van der Waals surface area contributed by atoms with E-state index in [-0.39, 0.29) is 24.0 Å². The van der Waals surface area contributed by atoms with Crippen molar-refractivity contribution in [2.45, 2.75) is 64.9 Å². The summed E-state index contributed by atoms with van der Waals surface area (Å²) in [6.07, 6.45) is 1.66. The van der Waals surface area contributed by atoms with Crippen LogP contribution in [0.25, 0.3) is 0 Å². The van der Waals surface area contributed by atoms with Gasteiger partial charge in [-0.05, 0) is 47.8 Å². The summed E-state index contributed by atoms with van der Waals surface area (Å²) in [5.74, 6) is 0.757. The van der Waals surface area contributed by atoms with E-state index in [9.17, 15) is 4.79 Å². The number of halogens is 1. The summed E-state index contributed by atoms with van der Waals surface area (Å²) in [6.45, 7) is 15.7. The molecule has 0 aliphatic heterocycles. The number of aliphatic imine (C=N–C) groups is 1. The second-order valence-electron chi connectivity index (χ2n) is 7.13. The van der Waals surface area contributed by atoms with Gasteiger partial charge in [-0.15, -0.1) is 24.0 Å². The highest BCUT2D eigenvalue weighted by atomic mass is 127. The Morgan fingerprint density at radius 2 is 1.79 bits per heavy atom. The van der Waals surface area contributed by atoms with Crippen LogP contribution in [0.1, 0.15) is 48.5 Å². The summed E-state index contributed by atoms with van der Waals surface area (Å²) < 4.78 is 5.29. The van der Waals surface area contributed by atoms with Gasteiger partial charge in [0.2, 0.25) is 0 Å². The molecule has 0 heterocycles. The van der Waals surface area contributed by atoms with Gasteiger partial charge in [-0.25, -0.2) is 4.79 Å². The number of thioether (sulfide) groups is 1. The van der Waals surface area contributed by atoms with Crippen LogP contribution in [0.15, 0.2) is 4.99 Å². The second-order valence-corrected chi connectivity index (χ2v) is 8.41. The standard InChI is InChI=1S/C16H34N4O2S.HI/c1-9-17-13(18-10-12(2)23-8)19-11-16(6,7)20-14(21)22-15(3,4)5;/h12H,9-11H2,1-8H3,(H,20,21)(H2,17,18,19);1H. The fourth-order valence-corrected chi connectivity index (χ4v) is 1.81. The first-order valence-electron chi connectivity index (χ1n) is 8.05. The van der Waals surface area contributed by atoms with Gasteiger partial charge in [0.05, 0.1) is 12.1 Å². The number of carbonyl (C=O) groups is 1. The fourth-order valence-electron chi connectivity index (χ4n) is 1.56. The molecule has 24 heavy (non-hydrogen) atoms. The van der Waals surface area contributed by atoms with Crippen LogP contribution in [0.2, 0.25) is 0 Å². The van der Waals surface area contributed by atoms with Crippen LogP contribution in [0.3, 0.4) is 0 Å². The fraction of sp³-hybridized carbons (Fsp3) is 0.875. The first kappa shape index (κ1) is 25.9. The third-order valence-electron chi connectivity index (χ3n) is 2.78. The van der Waals surface area contributed by atoms with Crippen molar-refractivity contribution in [2.75, 3.05) is 25.9 Å². The Kier molecular flexibility index (Phi) is 13.0. The lowest BCUT2D eigenvalue weighted by atomic mass is 10.1. The summed E-state index contributed by atoms with van der Waals surface area (Å²) in [5.41, 5.74) is -0.996. The Balaban J connectivity index is 0. The van der Waals surface area contributed by atoms with E-state index in [1.54, 1.807) is 11.8 Å². The average Bonchev–Trinajstić information content (AvgIpc) is 2.38. The molecule has 0 fully saturated rings. The number of nitrogens with zero attached hydrogens (tertiary/aromatic N) is 1. The van der Waals surface area contributed by atoms with Crippen molar-refractivity contribution in [3.8, 4) is 0 Å². The van der Waals surface area contributed by atoms with Gasteiger partial charge in [0.1, 0.15) is 5.60 Å². The lowest BCUT2D eigenvalue weighted by molar-refractivity contribution is 0.0476. The SMILES string of the molecule is CCNC(=NCC(C)(C)NC(=O)OC(C)(C)C)NCC(C)SC.I. The maximum absolute atomic E-state index is 11.9. The van der Waals surface area contributed by atoms with Crippen molar-refractivity contribution in [1.29, 1.82) is 0 Å². The molecule has 1 atom stereocenters. The van der Waals surface area contributed by atoms with Crippen LogP contribution < -0.4 is 16.0 Å². The molecule has 0 rings (SSSR count). The lowest BCUT2D eigenvalue weighted by Gasteiger charge is -2.27. The minimum atomic E-state index is -0.506. The minimum Gasteiger partial charge on any atom is -0.444 e. The quantitative estimate of drug-likeness (QED) is 0.300. The van der Waals surface area contributed by atoms with Crippen LogP contribution in [0.5, 0.6) is 0 Å². The third-order valence-corrected chi connectivity index (χ3v) is 3.75. The first-order chi connectivity index (χ1) is 10.5. The van der Waals surface area contributed by atoms with E-state index in [1.165, 1.54) is 0 Å². The van der Waals surface area contributed by atoms with Crippen molar-refractivity contribution < 1.29 is 9.53 Å². The Bertz CT molecular complexity index is 398. The average molecular weight is 474 g/mol. The van der Waals surface area contributed by atoms with Gasteiger partial charge in [0, 0.05) is 18.3 Å². The smallest absolute Gasteiger partial charge is 0.408 e. The number of amides is 1. The zero-order chi connectivity index (χ0) is 18.1. The molecular weight excluding hydrogens is 439 g/mol. The van der Waals surface area contributed by atoms with E-state index in [0.717, 1.165) is 19.0 Å². The van der Waals surface area contributed by atoms with E-state index in [4.69, 9.17) is 4.74 Å². The van der Waals surface area contributed by atoms with Crippen LogP contribution in [-0.2, 0) is 4.74 Å². The number of guanidine groups is 1. The van der Waals surface area contributed by atoms with Gasteiger partial charge < -0.3 is 20.7 Å². The predicted molar refractivity (Wildman–Crippen MR) is 116 cm³/mol. The topological polar surface area (TPSA) is 74.8 Å². The molecular formula is C16H35IN4O2S. The molecule has 0 aromatic heterocycles. The van der Waals surface area contributed by atoms with Gasteiger partial charge in [0.15, 0.2) is 5.96 Å². The van der Waals surface area contributed by atoms with Crippen molar-refractivity contribution in [3.63, 3.8) is 0 Å². The first-order valence-corrected chi connectivity index (χ1v) is 9.34. The number of hydrogen-bond donors (Lipinski definition) is 3. The molecule has 0 aliphatic carbocycles. The third kappa shape index (κ3) is 14.0. The summed E-state index contributed by atoms with van der Waals surface area (Å²) in [5, 5.41) is 9.89. The maximum Gasteiger partial charge on any atom is 0.408 e. The zero-order valence-electron chi connectivity index (χ0n) is 16.3. The van der Waals surface area contributed by atoms with Gasteiger partial charge in [-0.1, -0.05) is 6.92 Å². The normalized spacial score (nSPS) is 13.6. The number of nitrogens with one attached hydrogen (secondary N) is 3. The number of ether oxygens (including phenoxy) is 1. The van der Waals surface area contributed by atoms with E-state index in [1.807, 2.05) is 41.5 Å². The highest BCUT2D eigenvalue weighted by Crippen LogP contribution is 2.10. The van der Waals surface area contributed by atoms with Crippen molar-refractivity contribution in [2.24, 2.45) is 4.99 Å². The highest BCUT2D eigenvalue weighted by molar-refractivity contribution is 14.0. The molecule has 0 bridgehead atoms. The predicted octanol–water partition coefficient (Wildman–Crippen LogP) is 3.21. The molecule has 0 radical (unpaired) electrons. The molecule has 0 aromatic carbocycles. The van der Waals surface area contributed by atoms with E-state index >= 15 is 0 Å². The Morgan fingerprint density at radius 1 is 1.21 bits per heavy atom. The van der Waals surface area contributed by atoms with Crippen LogP contribution >= 0.6 is 35.7 Å². The van der Waals surface area contributed by atoms with Gasteiger partial charge in [-0.2, -0.15) is 11.8 Å². The summed E-state index contributed by atoms with van der Waals surface area (Å²) in [7, 11) is 0. The molecule has 0 aromatic rings. The number of rotatable bonds is 7. The largest absolute Gasteiger partial charge is 0.444 e. The molecule has 8 heteroatoms. The Morgan fingerprint density at radius 3 is 2.25 bits per heavy atom. The van der Waals surface area contributed by atoms with Crippen LogP contribution in [0.4, 0.5) is 4.79 Å². The van der Waals surface area contributed by atoms with Gasteiger partial charge >= 0.3 is 6.09 Å². The summed E-state index contributed by atoms with van der Waals surface area (Å²) in [6, 6.07) is 0. The van der Waals surface area contributed by atoms with E-state index < -0.39 is 17.2 Å². The molecule has 0 saturated carbocycles. The molecule has 3 N–H and O–H groups in total. The summed E-state index contributed by atoms with van der Waals surface area (Å²) >= 11 is 1.80. The van der Waals surface area contributed by atoms with Gasteiger partial charge in [0.25, 0.3) is 0 Å². The number of carbonyl (C=O) groups excluding carboxylic acids is 1. The monoisotopic (exact) mass is 474 g/mol. The van der Waals surface area contributed by atoms with Crippen molar-refractivity contribution in [3.05, 3.63) is 0 Å². The molecule has 6 nitrogen and oxygen atoms in total. The second kappa shape index (κ2) is 12.1. The highest BCUT2D eigenvalue weighted by Gasteiger charge is 2.24. The van der Waals surface area contributed by atoms with Crippen molar-refractivity contribution in [1.82, 2.24) is 16.0 Å². The number of alkyl carbamates (subject to hydrolysis) is 1. The molecule has 0 saturated heterocycles. The van der Waals surface area contributed by atoms with E-state index in [0.29, 0.717) is 11.8 Å². The van der Waals surface area contributed by atoms with Gasteiger partial charge in [-0.3, -0.25) is 4.99 Å². The molecule has 144 valence electrons. The van der Waals surface area contributed by atoms with E-state index in [2.05, 4.69) is 34.1 Å². The molecule has 0 aliphatic rings. The zero-order valence-corrected chi connectivity index (χ0v) is 19.4. The maximum atomic E-state index is 11.9. The number of hydrogen-bond acceptors (Lipinski definition) is 4. The van der Waals surface area contributed by atoms with Crippen molar-refractivity contribution >= 4 is 47.8 Å². The van der Waals surface area contributed by atoms with Crippen LogP contribution in [0, 0.1) is 0 Å². The molecule has 1 unspecified atom stereocenters. The Labute approximate surface area is 168 Å². The molecule has 0 spiro atoms. The minimum absolute atomic E-state index is 0. The summed E-state index contributed by atoms with van der Waals surface area (Å²) in [4.78, 5) is 16.4. The van der Waals surface area contributed by atoms with Crippen LogP contribution in [-0.4, -0.2) is 54.3 Å². The molecule has 1 amide bonds. The Hall–Kier alpha value is -0.380.